The summed E-state index contributed by atoms with van der Waals surface area (Å²) in [5.74, 6) is 0.571. The van der Waals surface area contributed by atoms with Gasteiger partial charge in [0.05, 0.1) is 12.3 Å². The molecule has 1 aromatic heterocycles. The Morgan fingerprint density at radius 2 is 2.20 bits per heavy atom. The number of ether oxygens (including phenoxy) is 1. The first-order valence-corrected chi connectivity index (χ1v) is 5.38. The fourth-order valence-corrected chi connectivity index (χ4v) is 1.93. The molecule has 0 spiro atoms. The second-order valence-corrected chi connectivity index (χ2v) is 3.98. The third kappa shape index (κ3) is 2.97. The minimum absolute atomic E-state index is 0.413. The van der Waals surface area contributed by atoms with Crippen molar-refractivity contribution >= 4 is 0 Å². The van der Waals surface area contributed by atoms with Crippen LogP contribution in [-0.2, 0) is 4.74 Å². The molecule has 0 bridgehead atoms. The highest BCUT2D eigenvalue weighted by Crippen LogP contribution is 2.26. The van der Waals surface area contributed by atoms with Crippen LogP contribution in [0.25, 0.3) is 0 Å². The van der Waals surface area contributed by atoms with Gasteiger partial charge in [0.25, 0.3) is 0 Å². The summed E-state index contributed by atoms with van der Waals surface area (Å²) < 4.78 is 5.28. The summed E-state index contributed by atoms with van der Waals surface area (Å²) in [6.45, 7) is 1.65. The Hall–Kier alpha value is -1.00. The lowest BCUT2D eigenvalue weighted by atomic mass is 9.92. The summed E-state index contributed by atoms with van der Waals surface area (Å²) in [5, 5.41) is 17.4. The molecule has 1 saturated heterocycles. The van der Waals surface area contributed by atoms with E-state index in [9.17, 15) is 5.11 Å². The quantitative estimate of drug-likeness (QED) is 0.814. The van der Waals surface area contributed by atoms with Crippen LogP contribution in [0.2, 0.25) is 0 Å². The molecule has 1 aliphatic heterocycles. The smallest absolute Gasteiger partial charge is 0.0808 e. The molecule has 1 aromatic rings. The lowest BCUT2D eigenvalue weighted by Crippen LogP contribution is -2.18. The van der Waals surface area contributed by atoms with Gasteiger partial charge in [-0.3, -0.25) is 0 Å². The second kappa shape index (κ2) is 5.19. The van der Waals surface area contributed by atoms with E-state index in [2.05, 4.69) is 10.2 Å². The molecule has 0 amide bonds. The average molecular weight is 208 g/mol. The maximum atomic E-state index is 9.96. The van der Waals surface area contributed by atoms with Crippen molar-refractivity contribution in [3.8, 4) is 0 Å². The number of nitrogens with zero attached hydrogens (tertiary/aromatic N) is 2. The predicted molar refractivity (Wildman–Crippen MR) is 55.2 cm³/mol. The summed E-state index contributed by atoms with van der Waals surface area (Å²) in [5.41, 5.74) is 0.858. The number of hydrogen-bond acceptors (Lipinski definition) is 4. The molecule has 0 aromatic carbocycles. The molecule has 1 fully saturated rings. The van der Waals surface area contributed by atoms with Crippen LogP contribution < -0.4 is 0 Å². The SMILES string of the molecule is OC(CC1CCOCC1)c1ccnnc1. The normalized spacial score (nSPS) is 20.1. The summed E-state index contributed by atoms with van der Waals surface area (Å²) in [7, 11) is 0. The van der Waals surface area contributed by atoms with Crippen molar-refractivity contribution in [2.45, 2.75) is 25.4 Å². The summed E-state index contributed by atoms with van der Waals surface area (Å²) in [6.07, 6.45) is 5.73. The molecule has 4 nitrogen and oxygen atoms in total. The van der Waals surface area contributed by atoms with Crippen LogP contribution in [-0.4, -0.2) is 28.5 Å². The zero-order valence-electron chi connectivity index (χ0n) is 8.67. The molecule has 2 heterocycles. The van der Waals surface area contributed by atoms with Crippen LogP contribution in [0.3, 0.4) is 0 Å². The van der Waals surface area contributed by atoms with Crippen LogP contribution in [0.5, 0.6) is 0 Å². The van der Waals surface area contributed by atoms with Crippen molar-refractivity contribution in [2.24, 2.45) is 5.92 Å². The fraction of sp³-hybridized carbons (Fsp3) is 0.636. The topological polar surface area (TPSA) is 55.2 Å². The number of aliphatic hydroxyl groups excluding tert-OH is 1. The van der Waals surface area contributed by atoms with Gasteiger partial charge in [0.1, 0.15) is 0 Å². The third-order valence-electron chi connectivity index (χ3n) is 2.89. The van der Waals surface area contributed by atoms with Gasteiger partial charge in [-0.15, -0.1) is 0 Å². The molecule has 1 atom stereocenters. The van der Waals surface area contributed by atoms with E-state index in [1.807, 2.05) is 6.07 Å². The Balaban J connectivity index is 1.88. The summed E-state index contributed by atoms with van der Waals surface area (Å²) in [6, 6.07) is 1.82. The molecule has 0 radical (unpaired) electrons. The number of rotatable bonds is 3. The van der Waals surface area contributed by atoms with E-state index in [-0.39, 0.29) is 0 Å². The van der Waals surface area contributed by atoms with Gasteiger partial charge >= 0.3 is 0 Å². The minimum atomic E-state index is -0.413. The maximum absolute atomic E-state index is 9.96. The van der Waals surface area contributed by atoms with E-state index in [0.29, 0.717) is 5.92 Å². The van der Waals surface area contributed by atoms with Crippen molar-refractivity contribution in [2.75, 3.05) is 13.2 Å². The first-order chi connectivity index (χ1) is 7.36. The van der Waals surface area contributed by atoms with Crippen molar-refractivity contribution in [3.05, 3.63) is 24.0 Å². The van der Waals surface area contributed by atoms with Gasteiger partial charge in [0.2, 0.25) is 0 Å². The van der Waals surface area contributed by atoms with E-state index in [0.717, 1.165) is 38.0 Å². The lowest BCUT2D eigenvalue weighted by molar-refractivity contribution is 0.0434. The van der Waals surface area contributed by atoms with Crippen LogP contribution in [0.1, 0.15) is 30.9 Å². The first-order valence-electron chi connectivity index (χ1n) is 5.38. The van der Waals surface area contributed by atoms with E-state index >= 15 is 0 Å². The van der Waals surface area contributed by atoms with Crippen LogP contribution >= 0.6 is 0 Å². The molecule has 1 N–H and O–H groups in total. The standard InChI is InChI=1S/C11H16N2O2/c14-11(10-1-4-12-13-8-10)7-9-2-5-15-6-3-9/h1,4,8-9,11,14H,2-3,5-7H2. The molecule has 15 heavy (non-hydrogen) atoms. The Morgan fingerprint density at radius 1 is 1.40 bits per heavy atom. The zero-order chi connectivity index (χ0) is 10.5. The van der Waals surface area contributed by atoms with Crippen LogP contribution in [0.15, 0.2) is 18.5 Å². The largest absolute Gasteiger partial charge is 0.388 e. The monoisotopic (exact) mass is 208 g/mol. The molecule has 1 unspecified atom stereocenters. The van der Waals surface area contributed by atoms with Crippen LogP contribution in [0.4, 0.5) is 0 Å². The number of hydrogen-bond donors (Lipinski definition) is 1. The Morgan fingerprint density at radius 3 is 2.87 bits per heavy atom. The van der Waals surface area contributed by atoms with Gasteiger partial charge in [-0.2, -0.15) is 10.2 Å². The highest BCUT2D eigenvalue weighted by Gasteiger charge is 2.18. The van der Waals surface area contributed by atoms with Crippen molar-refractivity contribution in [3.63, 3.8) is 0 Å². The molecular weight excluding hydrogens is 192 g/mol. The van der Waals surface area contributed by atoms with E-state index in [4.69, 9.17) is 4.74 Å². The molecule has 1 aliphatic rings. The molecule has 2 rings (SSSR count). The van der Waals surface area contributed by atoms with Gasteiger partial charge in [-0.1, -0.05) is 0 Å². The van der Waals surface area contributed by atoms with E-state index in [1.54, 1.807) is 12.4 Å². The second-order valence-electron chi connectivity index (χ2n) is 3.98. The van der Waals surface area contributed by atoms with Gasteiger partial charge in [0, 0.05) is 25.0 Å². The Labute approximate surface area is 89.3 Å². The maximum Gasteiger partial charge on any atom is 0.0808 e. The van der Waals surface area contributed by atoms with Gasteiger partial charge in [-0.25, -0.2) is 0 Å². The Kier molecular flexibility index (Phi) is 3.64. The summed E-state index contributed by atoms with van der Waals surface area (Å²) in [4.78, 5) is 0. The van der Waals surface area contributed by atoms with E-state index < -0.39 is 6.10 Å². The minimum Gasteiger partial charge on any atom is -0.388 e. The van der Waals surface area contributed by atoms with E-state index in [1.165, 1.54) is 0 Å². The molecule has 4 heteroatoms. The summed E-state index contributed by atoms with van der Waals surface area (Å²) >= 11 is 0. The molecule has 82 valence electrons. The lowest BCUT2D eigenvalue weighted by Gasteiger charge is -2.24. The molecule has 0 saturated carbocycles. The van der Waals surface area contributed by atoms with Gasteiger partial charge in [0.15, 0.2) is 0 Å². The predicted octanol–water partition coefficient (Wildman–Crippen LogP) is 1.33. The van der Waals surface area contributed by atoms with Gasteiger partial charge in [-0.05, 0) is 31.2 Å². The first kappa shape index (κ1) is 10.5. The van der Waals surface area contributed by atoms with Crippen molar-refractivity contribution < 1.29 is 9.84 Å². The zero-order valence-corrected chi connectivity index (χ0v) is 8.67. The van der Waals surface area contributed by atoms with Crippen LogP contribution in [0, 0.1) is 5.92 Å². The van der Waals surface area contributed by atoms with Crippen molar-refractivity contribution in [1.29, 1.82) is 0 Å². The highest BCUT2D eigenvalue weighted by molar-refractivity contribution is 5.09. The molecular formula is C11H16N2O2. The fourth-order valence-electron chi connectivity index (χ4n) is 1.93. The van der Waals surface area contributed by atoms with Gasteiger partial charge < -0.3 is 9.84 Å². The van der Waals surface area contributed by atoms with Crippen molar-refractivity contribution in [1.82, 2.24) is 10.2 Å². The highest BCUT2D eigenvalue weighted by atomic mass is 16.5. The Bertz CT molecular complexity index is 286. The number of aliphatic hydroxyl groups is 1. The molecule has 0 aliphatic carbocycles. The number of aromatic nitrogens is 2. The average Bonchev–Trinajstić information content (AvgIpc) is 2.31. The third-order valence-corrected chi connectivity index (χ3v) is 2.89.